The van der Waals surface area contributed by atoms with Crippen LogP contribution in [0, 0.1) is 29.6 Å². The highest BCUT2D eigenvalue weighted by molar-refractivity contribution is 5.80. The van der Waals surface area contributed by atoms with Crippen molar-refractivity contribution in [2.45, 2.75) is 40.0 Å². The van der Waals surface area contributed by atoms with Crippen LogP contribution >= 0.6 is 0 Å². The number of carboxylic acid groups (broad SMARTS) is 1. The second kappa shape index (κ2) is 6.43. The van der Waals surface area contributed by atoms with Gasteiger partial charge in [0.05, 0.1) is 0 Å². The zero-order valence-corrected chi connectivity index (χ0v) is 12.8. The summed E-state index contributed by atoms with van der Waals surface area (Å²) in [4.78, 5) is 10.5. The van der Waals surface area contributed by atoms with Gasteiger partial charge in [0.1, 0.15) is 0 Å². The Hall–Kier alpha value is -1.31. The fourth-order valence-electron chi connectivity index (χ4n) is 4.31. The van der Waals surface area contributed by atoms with E-state index < -0.39 is 5.97 Å². The van der Waals surface area contributed by atoms with E-state index in [4.69, 9.17) is 5.11 Å². The van der Waals surface area contributed by atoms with E-state index in [2.05, 4.69) is 32.9 Å². The molecule has 5 atom stereocenters. The Balaban J connectivity index is 2.15. The molecule has 5 unspecified atom stereocenters. The summed E-state index contributed by atoms with van der Waals surface area (Å²) in [6.07, 6.45) is 13.2. The Morgan fingerprint density at radius 2 is 2.05 bits per heavy atom. The summed E-state index contributed by atoms with van der Waals surface area (Å²) < 4.78 is 0. The highest BCUT2D eigenvalue weighted by Gasteiger charge is 2.39. The number of carbonyl (C=O) groups is 1. The van der Waals surface area contributed by atoms with Crippen molar-refractivity contribution in [2.75, 3.05) is 0 Å². The van der Waals surface area contributed by atoms with Gasteiger partial charge in [0.2, 0.25) is 0 Å². The third-order valence-electron chi connectivity index (χ3n) is 5.03. The molecule has 2 rings (SSSR count). The van der Waals surface area contributed by atoms with Gasteiger partial charge in [0, 0.05) is 12.0 Å². The van der Waals surface area contributed by atoms with Crippen LogP contribution in [0.1, 0.15) is 40.0 Å². The van der Waals surface area contributed by atoms with Crippen molar-refractivity contribution in [3.05, 3.63) is 36.0 Å². The molecule has 0 aromatic carbocycles. The number of hydrogen-bond donors (Lipinski definition) is 1. The topological polar surface area (TPSA) is 37.3 Å². The molecule has 1 N–H and O–H groups in total. The van der Waals surface area contributed by atoms with Gasteiger partial charge in [-0.3, -0.25) is 0 Å². The van der Waals surface area contributed by atoms with Crippen molar-refractivity contribution in [1.29, 1.82) is 0 Å². The molecule has 0 amide bonds. The first-order valence-corrected chi connectivity index (χ1v) is 7.73. The second-order valence-corrected chi connectivity index (χ2v) is 6.68. The maximum Gasteiger partial charge on any atom is 0.328 e. The molecule has 0 saturated heterocycles. The van der Waals surface area contributed by atoms with E-state index in [1.54, 1.807) is 6.08 Å². The molecule has 0 aromatic rings. The number of allylic oxidation sites excluding steroid dienone is 5. The predicted octanol–water partition coefficient (Wildman–Crippen LogP) is 4.45. The summed E-state index contributed by atoms with van der Waals surface area (Å²) in [5.74, 6) is 2.72. The molecule has 1 fully saturated rings. The molecule has 0 radical (unpaired) electrons. The van der Waals surface area contributed by atoms with Crippen LogP contribution in [-0.4, -0.2) is 11.1 Å². The molecule has 2 aliphatic carbocycles. The van der Waals surface area contributed by atoms with Gasteiger partial charge in [0.25, 0.3) is 0 Å². The highest BCUT2D eigenvalue weighted by Crippen LogP contribution is 2.48. The first-order valence-electron chi connectivity index (χ1n) is 7.73. The van der Waals surface area contributed by atoms with Crippen molar-refractivity contribution in [1.82, 2.24) is 0 Å². The third kappa shape index (κ3) is 3.41. The minimum absolute atomic E-state index is 0.481. The van der Waals surface area contributed by atoms with E-state index in [0.717, 1.165) is 23.7 Å². The van der Waals surface area contributed by atoms with Crippen molar-refractivity contribution in [3.8, 4) is 0 Å². The molecule has 20 heavy (non-hydrogen) atoms. The SMILES string of the molecule is CC1=CCC2CC(C)CC(C)C2C1C=CC=CC(=O)O. The quantitative estimate of drug-likeness (QED) is 0.469. The van der Waals surface area contributed by atoms with Gasteiger partial charge >= 0.3 is 5.97 Å². The van der Waals surface area contributed by atoms with Gasteiger partial charge in [-0.25, -0.2) is 4.79 Å². The number of fused-ring (bicyclic) bond motifs is 1. The Bertz CT molecular complexity index is 444. The molecule has 0 aliphatic heterocycles. The molecule has 2 heteroatoms. The molecule has 1 saturated carbocycles. The average molecular weight is 274 g/mol. The lowest BCUT2D eigenvalue weighted by atomic mass is 9.59. The van der Waals surface area contributed by atoms with E-state index in [9.17, 15) is 4.79 Å². The zero-order valence-electron chi connectivity index (χ0n) is 12.8. The van der Waals surface area contributed by atoms with E-state index in [1.165, 1.54) is 30.9 Å². The summed E-state index contributed by atoms with van der Waals surface area (Å²) in [5, 5.41) is 8.63. The molecule has 0 bridgehead atoms. The van der Waals surface area contributed by atoms with E-state index in [-0.39, 0.29) is 0 Å². The first-order chi connectivity index (χ1) is 9.49. The van der Waals surface area contributed by atoms with Crippen molar-refractivity contribution >= 4 is 5.97 Å². The Kier molecular flexibility index (Phi) is 4.85. The average Bonchev–Trinajstić information content (AvgIpc) is 2.36. The molecule has 0 spiro atoms. The number of carboxylic acids is 1. The van der Waals surface area contributed by atoms with Crippen molar-refractivity contribution in [3.63, 3.8) is 0 Å². The largest absolute Gasteiger partial charge is 0.478 e. The predicted molar refractivity (Wildman–Crippen MR) is 82.3 cm³/mol. The fourth-order valence-corrected chi connectivity index (χ4v) is 4.31. The molecule has 2 nitrogen and oxygen atoms in total. The molecular formula is C18H26O2. The van der Waals surface area contributed by atoms with Crippen LogP contribution < -0.4 is 0 Å². The minimum Gasteiger partial charge on any atom is -0.478 e. The maximum absolute atomic E-state index is 10.5. The van der Waals surface area contributed by atoms with Crippen LogP contribution in [0.4, 0.5) is 0 Å². The van der Waals surface area contributed by atoms with E-state index in [1.807, 2.05) is 6.08 Å². The van der Waals surface area contributed by atoms with Crippen LogP contribution in [0.15, 0.2) is 36.0 Å². The van der Waals surface area contributed by atoms with Gasteiger partial charge in [-0.05, 0) is 49.9 Å². The maximum atomic E-state index is 10.5. The monoisotopic (exact) mass is 274 g/mol. The summed E-state index contributed by atoms with van der Waals surface area (Å²) in [6, 6.07) is 0. The summed E-state index contributed by atoms with van der Waals surface area (Å²) in [7, 11) is 0. The zero-order chi connectivity index (χ0) is 14.7. The van der Waals surface area contributed by atoms with E-state index >= 15 is 0 Å². The Morgan fingerprint density at radius 1 is 1.30 bits per heavy atom. The Morgan fingerprint density at radius 3 is 2.75 bits per heavy atom. The van der Waals surface area contributed by atoms with Crippen LogP contribution in [0.2, 0.25) is 0 Å². The summed E-state index contributed by atoms with van der Waals surface area (Å²) in [5.41, 5.74) is 1.45. The molecule has 2 aliphatic rings. The van der Waals surface area contributed by atoms with Gasteiger partial charge in [-0.2, -0.15) is 0 Å². The third-order valence-corrected chi connectivity index (χ3v) is 5.03. The number of hydrogen-bond acceptors (Lipinski definition) is 1. The standard InChI is InChI=1S/C18H26O2/c1-12-10-14(3)18-15(11-12)9-8-13(2)16(18)6-4-5-7-17(19)20/h4-8,12,14-16,18H,9-11H2,1-3H3,(H,19,20). The molecule has 0 heterocycles. The first kappa shape index (κ1) is 15.1. The van der Waals surface area contributed by atoms with Gasteiger partial charge in [-0.15, -0.1) is 0 Å². The number of aliphatic carboxylic acids is 1. The number of rotatable bonds is 3. The molecule has 0 aromatic heterocycles. The summed E-state index contributed by atoms with van der Waals surface area (Å²) in [6.45, 7) is 6.98. The Labute approximate surface area is 122 Å². The van der Waals surface area contributed by atoms with Crippen molar-refractivity contribution < 1.29 is 9.90 Å². The minimum atomic E-state index is -0.886. The lowest BCUT2D eigenvalue weighted by Crippen LogP contribution is -2.37. The van der Waals surface area contributed by atoms with Crippen LogP contribution in [0.5, 0.6) is 0 Å². The second-order valence-electron chi connectivity index (χ2n) is 6.68. The lowest BCUT2D eigenvalue weighted by Gasteiger charge is -2.46. The summed E-state index contributed by atoms with van der Waals surface area (Å²) >= 11 is 0. The van der Waals surface area contributed by atoms with Crippen LogP contribution in [-0.2, 0) is 4.79 Å². The smallest absolute Gasteiger partial charge is 0.328 e. The van der Waals surface area contributed by atoms with Gasteiger partial charge in [0.15, 0.2) is 0 Å². The van der Waals surface area contributed by atoms with Crippen LogP contribution in [0.25, 0.3) is 0 Å². The highest BCUT2D eigenvalue weighted by atomic mass is 16.4. The molecule has 110 valence electrons. The van der Waals surface area contributed by atoms with Crippen molar-refractivity contribution in [2.24, 2.45) is 29.6 Å². The van der Waals surface area contributed by atoms with Gasteiger partial charge < -0.3 is 5.11 Å². The van der Waals surface area contributed by atoms with Crippen LogP contribution in [0.3, 0.4) is 0 Å². The fraction of sp³-hybridized carbons (Fsp3) is 0.611. The molecular weight excluding hydrogens is 248 g/mol. The van der Waals surface area contributed by atoms with E-state index in [0.29, 0.717) is 5.92 Å². The lowest BCUT2D eigenvalue weighted by molar-refractivity contribution is -0.131. The normalized spacial score (nSPS) is 38.0. The van der Waals surface area contributed by atoms with Gasteiger partial charge in [-0.1, -0.05) is 43.7 Å².